The second-order valence-corrected chi connectivity index (χ2v) is 7.63. The molecule has 1 amide bonds. The Balaban J connectivity index is 1.32. The summed E-state index contributed by atoms with van der Waals surface area (Å²) in [6, 6.07) is 28.1. The molecule has 0 bridgehead atoms. The molecule has 4 rings (SSSR count). The molecule has 1 saturated heterocycles. The van der Waals surface area contributed by atoms with Crippen LogP contribution in [0.1, 0.15) is 21.5 Å². The lowest BCUT2D eigenvalue weighted by Gasteiger charge is -2.35. The van der Waals surface area contributed by atoms with E-state index in [0.717, 1.165) is 56.0 Å². The van der Waals surface area contributed by atoms with Crippen LogP contribution < -0.4 is 4.74 Å². The number of rotatable bonds is 7. The zero-order valence-electron chi connectivity index (χ0n) is 17.2. The minimum Gasteiger partial charge on any atom is -0.489 e. The lowest BCUT2D eigenvalue weighted by Crippen LogP contribution is -2.49. The number of nitrogens with zero attached hydrogens (tertiary/aromatic N) is 2. The van der Waals surface area contributed by atoms with Crippen LogP contribution in [0.15, 0.2) is 84.9 Å². The summed E-state index contributed by atoms with van der Waals surface area (Å²) < 4.78 is 5.88. The number of para-hydroxylation sites is 1. The molecule has 1 aliphatic heterocycles. The first-order valence-electron chi connectivity index (χ1n) is 10.6. The van der Waals surface area contributed by atoms with Gasteiger partial charge in [0.1, 0.15) is 12.4 Å². The number of carbonyl (C=O) groups excluding carboxylic acids is 1. The first kappa shape index (κ1) is 20.2. The van der Waals surface area contributed by atoms with Gasteiger partial charge < -0.3 is 9.64 Å². The number of benzene rings is 3. The summed E-state index contributed by atoms with van der Waals surface area (Å²) in [4.78, 5) is 17.6. The number of hydrogen-bond donors (Lipinski definition) is 0. The molecule has 0 unspecified atom stereocenters. The van der Waals surface area contributed by atoms with E-state index < -0.39 is 0 Å². The van der Waals surface area contributed by atoms with Crippen molar-refractivity contribution in [3.8, 4) is 5.75 Å². The average Bonchev–Trinajstić information content (AvgIpc) is 2.83. The van der Waals surface area contributed by atoms with Crippen molar-refractivity contribution < 1.29 is 9.53 Å². The van der Waals surface area contributed by atoms with E-state index in [1.165, 1.54) is 5.56 Å². The maximum Gasteiger partial charge on any atom is 0.254 e. The van der Waals surface area contributed by atoms with Gasteiger partial charge in [-0.25, -0.2) is 0 Å². The van der Waals surface area contributed by atoms with E-state index in [1.54, 1.807) is 0 Å². The molecular weight excluding hydrogens is 372 g/mol. The standard InChI is InChI=1S/C26H28N2O2/c29-26(25-14-8-7-11-23(25)21-30-24-12-5-2-6-13-24)28-19-17-27(18-20-28)16-15-22-9-3-1-4-10-22/h1-14H,15-21H2. The molecule has 0 spiro atoms. The molecule has 1 fully saturated rings. The molecule has 0 radical (unpaired) electrons. The predicted molar refractivity (Wildman–Crippen MR) is 120 cm³/mol. The summed E-state index contributed by atoms with van der Waals surface area (Å²) in [5.41, 5.74) is 3.03. The summed E-state index contributed by atoms with van der Waals surface area (Å²) in [5, 5.41) is 0. The molecule has 0 atom stereocenters. The molecule has 0 aromatic heterocycles. The molecular formula is C26H28N2O2. The molecule has 30 heavy (non-hydrogen) atoms. The van der Waals surface area contributed by atoms with Crippen LogP contribution in [0.3, 0.4) is 0 Å². The van der Waals surface area contributed by atoms with E-state index in [1.807, 2.05) is 59.5 Å². The van der Waals surface area contributed by atoms with E-state index in [-0.39, 0.29) is 5.91 Å². The van der Waals surface area contributed by atoms with Crippen LogP contribution in [-0.4, -0.2) is 48.4 Å². The molecule has 0 saturated carbocycles. The number of hydrogen-bond acceptors (Lipinski definition) is 3. The zero-order chi connectivity index (χ0) is 20.6. The van der Waals surface area contributed by atoms with Crippen LogP contribution in [-0.2, 0) is 13.0 Å². The van der Waals surface area contributed by atoms with E-state index in [4.69, 9.17) is 4.74 Å². The normalized spacial score (nSPS) is 14.5. The van der Waals surface area contributed by atoms with Crippen molar-refractivity contribution >= 4 is 5.91 Å². The summed E-state index contributed by atoms with van der Waals surface area (Å²) >= 11 is 0. The van der Waals surface area contributed by atoms with Gasteiger partial charge >= 0.3 is 0 Å². The van der Waals surface area contributed by atoms with Gasteiger partial charge in [-0.1, -0.05) is 66.7 Å². The number of amides is 1. The van der Waals surface area contributed by atoms with Crippen LogP contribution in [0.5, 0.6) is 5.75 Å². The fraction of sp³-hybridized carbons (Fsp3) is 0.269. The van der Waals surface area contributed by atoms with Crippen molar-refractivity contribution in [2.75, 3.05) is 32.7 Å². The third kappa shape index (κ3) is 5.28. The summed E-state index contributed by atoms with van der Waals surface area (Å²) in [6.07, 6.45) is 1.05. The monoisotopic (exact) mass is 400 g/mol. The minimum absolute atomic E-state index is 0.102. The van der Waals surface area contributed by atoms with Gasteiger partial charge in [-0.15, -0.1) is 0 Å². The Bertz CT molecular complexity index is 936. The van der Waals surface area contributed by atoms with Gasteiger partial charge in [0.2, 0.25) is 0 Å². The predicted octanol–water partition coefficient (Wildman–Crippen LogP) is 4.27. The van der Waals surface area contributed by atoms with Crippen molar-refractivity contribution in [3.63, 3.8) is 0 Å². The van der Waals surface area contributed by atoms with Crippen molar-refractivity contribution in [1.29, 1.82) is 0 Å². The molecule has 0 aliphatic carbocycles. The third-order valence-corrected chi connectivity index (χ3v) is 5.60. The average molecular weight is 401 g/mol. The van der Waals surface area contributed by atoms with Crippen molar-refractivity contribution in [2.24, 2.45) is 0 Å². The highest BCUT2D eigenvalue weighted by atomic mass is 16.5. The topological polar surface area (TPSA) is 32.8 Å². The fourth-order valence-electron chi connectivity index (χ4n) is 3.81. The Hall–Kier alpha value is -3.11. The SMILES string of the molecule is O=C(c1ccccc1COc1ccccc1)N1CCN(CCc2ccccc2)CC1. The maximum absolute atomic E-state index is 13.2. The highest BCUT2D eigenvalue weighted by molar-refractivity contribution is 5.95. The number of piperazine rings is 1. The van der Waals surface area contributed by atoms with Gasteiger partial charge in [-0.3, -0.25) is 9.69 Å². The van der Waals surface area contributed by atoms with Crippen LogP contribution in [0.2, 0.25) is 0 Å². The van der Waals surface area contributed by atoms with Crippen molar-refractivity contribution in [1.82, 2.24) is 9.80 Å². The lowest BCUT2D eigenvalue weighted by atomic mass is 10.1. The zero-order valence-corrected chi connectivity index (χ0v) is 17.2. The second kappa shape index (κ2) is 10.1. The molecule has 4 nitrogen and oxygen atoms in total. The Labute approximate surface area is 178 Å². The maximum atomic E-state index is 13.2. The van der Waals surface area contributed by atoms with Gasteiger partial charge in [0.25, 0.3) is 5.91 Å². The van der Waals surface area contributed by atoms with Gasteiger partial charge in [-0.05, 0) is 30.2 Å². The lowest BCUT2D eigenvalue weighted by molar-refractivity contribution is 0.0636. The van der Waals surface area contributed by atoms with Gasteiger partial charge in [0.05, 0.1) is 0 Å². The quantitative estimate of drug-likeness (QED) is 0.594. The largest absolute Gasteiger partial charge is 0.489 e. The smallest absolute Gasteiger partial charge is 0.254 e. The van der Waals surface area contributed by atoms with E-state index in [0.29, 0.717) is 6.61 Å². The Morgan fingerprint density at radius 3 is 2.13 bits per heavy atom. The first-order chi connectivity index (χ1) is 14.8. The number of carbonyl (C=O) groups is 1. The van der Waals surface area contributed by atoms with Crippen LogP contribution in [0, 0.1) is 0 Å². The Morgan fingerprint density at radius 2 is 1.40 bits per heavy atom. The molecule has 0 N–H and O–H groups in total. The molecule has 154 valence electrons. The minimum atomic E-state index is 0.102. The van der Waals surface area contributed by atoms with E-state index >= 15 is 0 Å². The van der Waals surface area contributed by atoms with Gasteiger partial charge in [0.15, 0.2) is 0 Å². The molecule has 4 heteroatoms. The highest BCUT2D eigenvalue weighted by Crippen LogP contribution is 2.17. The van der Waals surface area contributed by atoms with Gasteiger partial charge in [-0.2, -0.15) is 0 Å². The number of ether oxygens (including phenoxy) is 1. The van der Waals surface area contributed by atoms with E-state index in [2.05, 4.69) is 35.2 Å². The summed E-state index contributed by atoms with van der Waals surface area (Å²) in [6.45, 7) is 4.79. The van der Waals surface area contributed by atoms with Crippen molar-refractivity contribution in [3.05, 3.63) is 102 Å². The van der Waals surface area contributed by atoms with E-state index in [9.17, 15) is 4.79 Å². The first-order valence-corrected chi connectivity index (χ1v) is 10.6. The Kier molecular flexibility index (Phi) is 6.78. The second-order valence-electron chi connectivity index (χ2n) is 7.63. The highest BCUT2D eigenvalue weighted by Gasteiger charge is 2.23. The molecule has 1 heterocycles. The Morgan fingerprint density at radius 1 is 0.767 bits per heavy atom. The van der Waals surface area contributed by atoms with Crippen LogP contribution >= 0.6 is 0 Å². The molecule has 3 aromatic carbocycles. The van der Waals surface area contributed by atoms with Crippen LogP contribution in [0.25, 0.3) is 0 Å². The molecule has 3 aromatic rings. The summed E-state index contributed by atoms with van der Waals surface area (Å²) in [5.74, 6) is 0.914. The third-order valence-electron chi connectivity index (χ3n) is 5.60. The molecule has 1 aliphatic rings. The van der Waals surface area contributed by atoms with Crippen LogP contribution in [0.4, 0.5) is 0 Å². The fourth-order valence-corrected chi connectivity index (χ4v) is 3.81. The van der Waals surface area contributed by atoms with Crippen molar-refractivity contribution in [2.45, 2.75) is 13.0 Å². The van der Waals surface area contributed by atoms with Gasteiger partial charge in [0, 0.05) is 43.9 Å². The summed E-state index contributed by atoms with van der Waals surface area (Å²) in [7, 11) is 0.